The zero-order valence-electron chi connectivity index (χ0n) is 8.40. The van der Waals surface area contributed by atoms with Crippen LogP contribution in [0.3, 0.4) is 0 Å². The van der Waals surface area contributed by atoms with Gasteiger partial charge in [-0.2, -0.15) is 5.26 Å². The fraction of sp³-hybridized carbons (Fsp3) is 0.364. The molecule has 2 unspecified atom stereocenters. The van der Waals surface area contributed by atoms with Gasteiger partial charge in [-0.25, -0.2) is 0 Å². The molecule has 0 fully saturated rings. The number of nitriles is 1. The first-order valence-corrected chi connectivity index (χ1v) is 6.89. The lowest BCUT2D eigenvalue weighted by Gasteiger charge is -2.18. The number of aliphatic hydroxyl groups excluding tert-OH is 2. The molecule has 0 heterocycles. The molecule has 1 rings (SSSR count). The Kier molecular flexibility index (Phi) is 5.42. The molecule has 16 heavy (non-hydrogen) atoms. The van der Waals surface area contributed by atoms with E-state index in [0.29, 0.717) is 16.5 Å². The Labute approximate surface area is 111 Å². The average molecular weight is 349 g/mol. The zero-order valence-corrected chi connectivity index (χ0v) is 11.6. The average Bonchev–Trinajstić information content (AvgIpc) is 2.35. The second kappa shape index (κ2) is 6.36. The van der Waals surface area contributed by atoms with E-state index in [1.54, 1.807) is 18.2 Å². The number of alkyl halides is 2. The van der Waals surface area contributed by atoms with Crippen molar-refractivity contribution < 1.29 is 10.2 Å². The molecule has 1 aromatic carbocycles. The number of halogens is 2. The van der Waals surface area contributed by atoms with E-state index in [0.717, 1.165) is 5.56 Å². The van der Waals surface area contributed by atoms with Crippen LogP contribution in [0.25, 0.3) is 0 Å². The number of hydrogen-bond acceptors (Lipinski definition) is 3. The summed E-state index contributed by atoms with van der Waals surface area (Å²) in [6, 6.07) is 7.07. The van der Waals surface area contributed by atoms with Gasteiger partial charge >= 0.3 is 0 Å². The van der Waals surface area contributed by atoms with Crippen LogP contribution in [0.1, 0.15) is 22.8 Å². The number of aliphatic hydroxyl groups is 2. The molecule has 0 aliphatic carbocycles. The first-order chi connectivity index (χ1) is 7.63. The van der Waals surface area contributed by atoms with Crippen LogP contribution in [0.5, 0.6) is 0 Å². The summed E-state index contributed by atoms with van der Waals surface area (Å²) in [5, 5.41) is 29.1. The third kappa shape index (κ3) is 3.05. The van der Waals surface area contributed by atoms with Crippen molar-refractivity contribution >= 4 is 31.9 Å². The second-order valence-corrected chi connectivity index (χ2v) is 4.53. The highest BCUT2D eigenvalue weighted by molar-refractivity contribution is 9.09. The Hall–Kier alpha value is -0.410. The van der Waals surface area contributed by atoms with Gasteiger partial charge in [-0.05, 0) is 23.3 Å². The van der Waals surface area contributed by atoms with E-state index < -0.39 is 12.2 Å². The van der Waals surface area contributed by atoms with Gasteiger partial charge in [-0.1, -0.05) is 37.9 Å². The third-order valence-electron chi connectivity index (χ3n) is 2.26. The predicted octanol–water partition coefficient (Wildman–Crippen LogP) is 2.24. The smallest absolute Gasteiger partial charge is 0.106 e. The van der Waals surface area contributed by atoms with Crippen LogP contribution in [0.4, 0.5) is 0 Å². The summed E-state index contributed by atoms with van der Waals surface area (Å²) in [5.41, 5.74) is 1.93. The third-order valence-corrected chi connectivity index (χ3v) is 3.53. The normalized spacial score (nSPS) is 14.2. The van der Waals surface area contributed by atoms with Crippen LogP contribution in [-0.4, -0.2) is 21.6 Å². The minimum atomic E-state index is -0.986. The monoisotopic (exact) mass is 347 g/mol. The van der Waals surface area contributed by atoms with Crippen molar-refractivity contribution in [1.82, 2.24) is 0 Å². The molecule has 0 spiro atoms. The molecule has 5 heteroatoms. The summed E-state index contributed by atoms with van der Waals surface area (Å²) in [5.74, 6) is 0. The van der Waals surface area contributed by atoms with Crippen LogP contribution in [0, 0.1) is 11.3 Å². The van der Waals surface area contributed by atoms with Crippen molar-refractivity contribution in [3.8, 4) is 6.07 Å². The minimum Gasteiger partial charge on any atom is -0.389 e. The number of hydrogen-bond donors (Lipinski definition) is 2. The highest BCUT2D eigenvalue weighted by atomic mass is 79.9. The molecule has 0 aliphatic heterocycles. The molecule has 0 saturated carbocycles. The number of nitrogens with zero attached hydrogens (tertiary/aromatic N) is 1. The highest BCUT2D eigenvalue weighted by Gasteiger charge is 2.20. The van der Waals surface area contributed by atoms with E-state index in [1.165, 1.54) is 0 Å². The molecule has 3 nitrogen and oxygen atoms in total. The van der Waals surface area contributed by atoms with Gasteiger partial charge in [0.2, 0.25) is 0 Å². The van der Waals surface area contributed by atoms with E-state index in [-0.39, 0.29) is 5.33 Å². The Balaban J connectivity index is 3.14. The Bertz CT molecular complexity index is 403. The van der Waals surface area contributed by atoms with Crippen molar-refractivity contribution in [3.63, 3.8) is 0 Å². The maximum absolute atomic E-state index is 9.91. The molecule has 2 atom stereocenters. The van der Waals surface area contributed by atoms with Crippen molar-refractivity contribution in [3.05, 3.63) is 34.9 Å². The van der Waals surface area contributed by atoms with E-state index in [4.69, 9.17) is 5.26 Å². The molecule has 0 aliphatic rings. The van der Waals surface area contributed by atoms with Crippen molar-refractivity contribution in [2.75, 3.05) is 5.33 Å². The fourth-order valence-electron chi connectivity index (χ4n) is 1.35. The lowest BCUT2D eigenvalue weighted by Crippen LogP contribution is -2.20. The quantitative estimate of drug-likeness (QED) is 0.820. The van der Waals surface area contributed by atoms with Crippen LogP contribution >= 0.6 is 31.9 Å². The zero-order chi connectivity index (χ0) is 12.1. The Morgan fingerprint density at radius 3 is 2.50 bits per heavy atom. The maximum atomic E-state index is 9.91. The molecular weight excluding hydrogens is 338 g/mol. The second-order valence-electron chi connectivity index (χ2n) is 3.33. The van der Waals surface area contributed by atoms with E-state index >= 15 is 0 Å². The standard InChI is InChI=1S/C11H11Br2NO2/c12-4-8-2-1-7(6-14)3-9(8)11(16)10(15)5-13/h1-3,10-11,15-16H,4-5H2. The van der Waals surface area contributed by atoms with E-state index in [1.807, 2.05) is 6.07 Å². The highest BCUT2D eigenvalue weighted by Crippen LogP contribution is 2.25. The van der Waals surface area contributed by atoms with Gasteiger partial charge in [0.1, 0.15) is 6.10 Å². The first kappa shape index (κ1) is 13.7. The summed E-state index contributed by atoms with van der Waals surface area (Å²) in [6.07, 6.45) is -1.87. The molecule has 0 amide bonds. The summed E-state index contributed by atoms with van der Waals surface area (Å²) in [7, 11) is 0. The van der Waals surface area contributed by atoms with Crippen molar-refractivity contribution in [2.45, 2.75) is 17.5 Å². The predicted molar refractivity (Wildman–Crippen MR) is 68.5 cm³/mol. The van der Waals surface area contributed by atoms with Crippen LogP contribution < -0.4 is 0 Å². The lowest BCUT2D eigenvalue weighted by molar-refractivity contribution is 0.0338. The molecule has 0 radical (unpaired) electrons. The molecule has 0 bridgehead atoms. The summed E-state index contributed by atoms with van der Waals surface area (Å²) >= 11 is 6.41. The van der Waals surface area contributed by atoms with E-state index in [9.17, 15) is 10.2 Å². The van der Waals surface area contributed by atoms with Crippen LogP contribution in [0.2, 0.25) is 0 Å². The van der Waals surface area contributed by atoms with Gasteiger partial charge in [0.05, 0.1) is 17.7 Å². The SMILES string of the molecule is N#Cc1ccc(CBr)c(C(O)C(O)CBr)c1. The lowest BCUT2D eigenvalue weighted by atomic mass is 9.98. The van der Waals surface area contributed by atoms with E-state index in [2.05, 4.69) is 31.9 Å². The fourth-order valence-corrected chi connectivity index (χ4v) is 2.22. The van der Waals surface area contributed by atoms with Gasteiger partial charge in [0, 0.05) is 10.7 Å². The van der Waals surface area contributed by atoms with Crippen molar-refractivity contribution in [1.29, 1.82) is 5.26 Å². The molecule has 1 aromatic rings. The van der Waals surface area contributed by atoms with Crippen molar-refractivity contribution in [2.24, 2.45) is 0 Å². The van der Waals surface area contributed by atoms with Gasteiger partial charge < -0.3 is 10.2 Å². The minimum absolute atomic E-state index is 0.284. The van der Waals surface area contributed by atoms with Crippen LogP contribution in [0.15, 0.2) is 18.2 Å². The van der Waals surface area contributed by atoms with Gasteiger partial charge in [0.25, 0.3) is 0 Å². The van der Waals surface area contributed by atoms with Crippen LogP contribution in [-0.2, 0) is 5.33 Å². The molecule has 2 N–H and O–H groups in total. The maximum Gasteiger partial charge on any atom is 0.106 e. The molecule has 0 saturated heterocycles. The Morgan fingerprint density at radius 2 is 2.00 bits per heavy atom. The van der Waals surface area contributed by atoms with Gasteiger partial charge in [-0.3, -0.25) is 0 Å². The molecule has 0 aromatic heterocycles. The topological polar surface area (TPSA) is 64.2 Å². The summed E-state index contributed by atoms with van der Waals surface area (Å²) < 4.78 is 0. The number of rotatable bonds is 4. The molecule has 86 valence electrons. The summed E-state index contributed by atoms with van der Waals surface area (Å²) in [6.45, 7) is 0. The molecular formula is C11H11Br2NO2. The van der Waals surface area contributed by atoms with Gasteiger partial charge in [0.15, 0.2) is 0 Å². The summed E-state index contributed by atoms with van der Waals surface area (Å²) in [4.78, 5) is 0. The largest absolute Gasteiger partial charge is 0.389 e. The first-order valence-electron chi connectivity index (χ1n) is 4.65. The number of benzene rings is 1. The van der Waals surface area contributed by atoms with Gasteiger partial charge in [-0.15, -0.1) is 0 Å². The Morgan fingerprint density at radius 1 is 1.31 bits per heavy atom.